The third-order valence-corrected chi connectivity index (χ3v) is 6.25. The first-order chi connectivity index (χ1) is 12.6. The fourth-order valence-corrected chi connectivity index (χ4v) is 4.27. The van der Waals surface area contributed by atoms with Gasteiger partial charge in [-0.3, -0.25) is 14.8 Å². The van der Waals surface area contributed by atoms with E-state index < -0.39 is 35.4 Å². The molecule has 0 atom stereocenters. The summed E-state index contributed by atoms with van der Waals surface area (Å²) in [5.41, 5.74) is -0.710. The van der Waals surface area contributed by atoms with Gasteiger partial charge in [-0.2, -0.15) is 5.26 Å². The van der Waals surface area contributed by atoms with Crippen molar-refractivity contribution in [1.29, 1.82) is 5.26 Å². The van der Waals surface area contributed by atoms with Crippen molar-refractivity contribution in [3.8, 4) is 6.07 Å². The van der Waals surface area contributed by atoms with Gasteiger partial charge in [-0.15, -0.1) is 0 Å². The summed E-state index contributed by atoms with van der Waals surface area (Å²) in [6.07, 6.45) is 0.797. The van der Waals surface area contributed by atoms with E-state index in [-0.39, 0.29) is 15.6 Å². The fourth-order valence-electron chi connectivity index (χ4n) is 1.98. The maximum Gasteiger partial charge on any atom is 0.291 e. The van der Waals surface area contributed by atoms with E-state index in [0.29, 0.717) is 5.41 Å². The molecule has 0 heterocycles. The van der Waals surface area contributed by atoms with Crippen molar-refractivity contribution >= 4 is 42.8 Å². The Morgan fingerprint density at radius 1 is 1.11 bits per heavy atom. The summed E-state index contributed by atoms with van der Waals surface area (Å²) in [5, 5.41) is 20.2. The quantitative estimate of drug-likeness (QED) is 0.423. The van der Waals surface area contributed by atoms with Crippen LogP contribution in [0.5, 0.6) is 0 Å². The van der Waals surface area contributed by atoms with E-state index in [1.54, 1.807) is 6.07 Å². The van der Waals surface area contributed by atoms with Gasteiger partial charge in [0.15, 0.2) is 4.90 Å². The zero-order chi connectivity index (χ0) is 20.2. The lowest BCUT2D eigenvalue weighted by Gasteiger charge is -2.09. The van der Waals surface area contributed by atoms with Gasteiger partial charge in [0.05, 0.1) is 15.9 Å². The highest BCUT2D eigenvalue weighted by Gasteiger charge is 2.26. The van der Waals surface area contributed by atoms with E-state index in [9.17, 15) is 26.9 Å². The van der Waals surface area contributed by atoms with Gasteiger partial charge in [0.2, 0.25) is 9.84 Å². The Morgan fingerprint density at radius 3 is 2.30 bits per heavy atom. The molecule has 0 amide bonds. The minimum absolute atomic E-state index is 0.000586. The van der Waals surface area contributed by atoms with Crippen LogP contribution in [-0.2, 0) is 19.9 Å². The number of benzene rings is 2. The number of nitro groups is 1. The number of hydrogen-bond donors (Lipinski definition) is 1. The van der Waals surface area contributed by atoms with Crippen LogP contribution in [0.15, 0.2) is 63.7 Å². The number of halogens is 1. The molecule has 1 N–H and O–H groups in total. The molecule has 140 valence electrons. The second-order valence-electron chi connectivity index (χ2n) is 4.98. The highest BCUT2D eigenvalue weighted by Crippen LogP contribution is 2.29. The zero-order valence-corrected chi connectivity index (χ0v) is 15.6. The molecule has 2 rings (SSSR count). The third kappa shape index (κ3) is 4.82. The average molecular weight is 428 g/mol. The molecule has 0 saturated heterocycles. The molecule has 0 saturated carbocycles. The number of nitro benzene ring substituents is 1. The Balaban J connectivity index is 2.36. The van der Waals surface area contributed by atoms with Gasteiger partial charge in [-0.1, -0.05) is 11.6 Å². The number of sulfonamides is 1. The van der Waals surface area contributed by atoms with Crippen LogP contribution in [-0.4, -0.2) is 21.8 Å². The molecule has 0 fully saturated rings. The third-order valence-electron chi connectivity index (χ3n) is 3.16. The molecule has 0 radical (unpaired) electrons. The lowest BCUT2D eigenvalue weighted by atomic mass is 10.3. The number of rotatable bonds is 6. The van der Waals surface area contributed by atoms with Crippen LogP contribution < -0.4 is 4.72 Å². The smallest absolute Gasteiger partial charge is 0.279 e. The van der Waals surface area contributed by atoms with Crippen molar-refractivity contribution in [2.45, 2.75) is 9.79 Å². The van der Waals surface area contributed by atoms with Crippen molar-refractivity contribution in [3.05, 3.63) is 69.1 Å². The van der Waals surface area contributed by atoms with Crippen molar-refractivity contribution in [2.24, 2.45) is 0 Å². The fraction of sp³-hybridized carbons (Fsp3) is 0. The topological polar surface area (TPSA) is 147 Å². The molecule has 12 heteroatoms. The number of allylic oxidation sites excluding steroid dienone is 1. The summed E-state index contributed by atoms with van der Waals surface area (Å²) in [4.78, 5) is 9.45. The maximum atomic E-state index is 12.4. The van der Waals surface area contributed by atoms with E-state index in [1.807, 2.05) is 0 Å². The minimum Gasteiger partial charge on any atom is -0.279 e. The maximum absolute atomic E-state index is 12.4. The highest BCUT2D eigenvalue weighted by atomic mass is 35.5. The minimum atomic E-state index is -4.33. The largest absolute Gasteiger partial charge is 0.291 e. The van der Waals surface area contributed by atoms with Gasteiger partial charge in [0, 0.05) is 28.3 Å². The second kappa shape index (κ2) is 7.75. The summed E-state index contributed by atoms with van der Waals surface area (Å²) in [6.45, 7) is 0. The molecule has 0 unspecified atom stereocenters. The standard InChI is InChI=1S/C15H10ClN3O6S2/c16-11-2-7-15(14(10-11)19(20)21)27(24,25)18-12-3-5-13(6-4-12)26(22,23)9-1-8-17/h1-7,9-10,18H/b9-1+. The van der Waals surface area contributed by atoms with Gasteiger partial charge in [-0.25, -0.2) is 16.8 Å². The summed E-state index contributed by atoms with van der Waals surface area (Å²) >= 11 is 5.67. The van der Waals surface area contributed by atoms with E-state index >= 15 is 0 Å². The van der Waals surface area contributed by atoms with E-state index in [2.05, 4.69) is 4.72 Å². The van der Waals surface area contributed by atoms with E-state index in [4.69, 9.17) is 16.9 Å². The van der Waals surface area contributed by atoms with Crippen molar-refractivity contribution in [3.63, 3.8) is 0 Å². The first kappa shape index (κ1) is 20.4. The van der Waals surface area contributed by atoms with Gasteiger partial charge in [-0.05, 0) is 36.4 Å². The first-order valence-corrected chi connectivity index (χ1v) is 10.4. The van der Waals surface area contributed by atoms with Crippen LogP contribution in [0.2, 0.25) is 5.02 Å². The van der Waals surface area contributed by atoms with Crippen molar-refractivity contribution in [2.75, 3.05) is 4.72 Å². The second-order valence-corrected chi connectivity index (χ2v) is 8.90. The molecule has 0 bridgehead atoms. The van der Waals surface area contributed by atoms with Crippen LogP contribution >= 0.6 is 11.6 Å². The number of nitrogens with one attached hydrogen (secondary N) is 1. The first-order valence-electron chi connectivity index (χ1n) is 6.95. The van der Waals surface area contributed by atoms with Crippen molar-refractivity contribution in [1.82, 2.24) is 0 Å². The van der Waals surface area contributed by atoms with Gasteiger partial charge in [0.1, 0.15) is 0 Å². The Kier molecular flexibility index (Phi) is 5.85. The molecular weight excluding hydrogens is 418 g/mol. The lowest BCUT2D eigenvalue weighted by molar-refractivity contribution is -0.387. The molecule has 0 spiro atoms. The number of anilines is 1. The molecule has 2 aromatic carbocycles. The highest BCUT2D eigenvalue weighted by molar-refractivity contribution is 7.94. The molecule has 0 aliphatic rings. The Bertz CT molecular complexity index is 1170. The summed E-state index contributed by atoms with van der Waals surface area (Å²) in [6, 6.07) is 9.26. The lowest BCUT2D eigenvalue weighted by Crippen LogP contribution is -2.14. The zero-order valence-electron chi connectivity index (χ0n) is 13.2. The van der Waals surface area contributed by atoms with Crippen LogP contribution in [0, 0.1) is 21.4 Å². The van der Waals surface area contributed by atoms with E-state index in [0.717, 1.165) is 30.3 Å². The van der Waals surface area contributed by atoms with Gasteiger partial charge < -0.3 is 0 Å². The predicted molar refractivity (Wildman–Crippen MR) is 97.3 cm³/mol. The monoisotopic (exact) mass is 427 g/mol. The van der Waals surface area contributed by atoms with Crippen LogP contribution in [0.1, 0.15) is 0 Å². The van der Waals surface area contributed by atoms with Crippen LogP contribution in [0.25, 0.3) is 0 Å². The van der Waals surface area contributed by atoms with Crippen LogP contribution in [0.4, 0.5) is 11.4 Å². The van der Waals surface area contributed by atoms with Gasteiger partial charge in [0.25, 0.3) is 15.7 Å². The summed E-state index contributed by atoms with van der Waals surface area (Å²) in [7, 11) is -8.17. The molecule has 0 aliphatic carbocycles. The Morgan fingerprint density at radius 2 is 1.74 bits per heavy atom. The number of sulfone groups is 1. The summed E-state index contributed by atoms with van der Waals surface area (Å²) in [5.74, 6) is 0. The predicted octanol–water partition coefficient (Wildman–Crippen LogP) is 2.86. The Hall–Kier alpha value is -2.94. The summed E-state index contributed by atoms with van der Waals surface area (Å²) < 4.78 is 50.8. The SMILES string of the molecule is N#C/C=C/S(=O)(=O)c1ccc(NS(=O)(=O)c2ccc(Cl)cc2[N+](=O)[O-])cc1. The molecule has 9 nitrogen and oxygen atoms in total. The molecule has 2 aromatic rings. The molecule has 0 aliphatic heterocycles. The molecule has 0 aromatic heterocycles. The number of hydrogen-bond acceptors (Lipinski definition) is 7. The van der Waals surface area contributed by atoms with Gasteiger partial charge >= 0.3 is 0 Å². The number of nitrogens with zero attached hydrogens (tertiary/aromatic N) is 2. The molecule has 27 heavy (non-hydrogen) atoms. The van der Waals surface area contributed by atoms with E-state index in [1.165, 1.54) is 18.2 Å². The van der Waals surface area contributed by atoms with Crippen molar-refractivity contribution < 1.29 is 21.8 Å². The number of nitriles is 1. The normalized spacial score (nSPS) is 11.9. The average Bonchev–Trinajstić information content (AvgIpc) is 2.59. The Labute approximate surface area is 159 Å². The van der Waals surface area contributed by atoms with Crippen LogP contribution in [0.3, 0.4) is 0 Å². The molecular formula is C15H10ClN3O6S2.